The van der Waals surface area contributed by atoms with Gasteiger partial charge in [0.05, 0.1) is 11.7 Å². The summed E-state index contributed by atoms with van der Waals surface area (Å²) in [6.45, 7) is 5.31. The van der Waals surface area contributed by atoms with Crippen LogP contribution >= 0.6 is 0 Å². The van der Waals surface area contributed by atoms with Gasteiger partial charge >= 0.3 is 0 Å². The fourth-order valence-electron chi connectivity index (χ4n) is 2.22. The first-order valence-corrected chi connectivity index (χ1v) is 6.75. The molecule has 0 aliphatic rings. The van der Waals surface area contributed by atoms with Gasteiger partial charge in [-0.15, -0.1) is 0 Å². The maximum absolute atomic E-state index is 5.58. The second kappa shape index (κ2) is 7.51. The van der Waals surface area contributed by atoms with Crippen molar-refractivity contribution < 1.29 is 0 Å². The van der Waals surface area contributed by atoms with Gasteiger partial charge in [-0.05, 0) is 33.0 Å². The van der Waals surface area contributed by atoms with Crippen LogP contribution in [0.2, 0.25) is 0 Å². The van der Waals surface area contributed by atoms with Gasteiger partial charge in [-0.2, -0.15) is 5.10 Å². The van der Waals surface area contributed by atoms with Crippen molar-refractivity contribution in [1.29, 1.82) is 0 Å². The Hall–Kier alpha value is -0.910. The third-order valence-electron chi connectivity index (χ3n) is 3.26. The number of nitrogens with zero attached hydrogens (tertiary/aromatic N) is 3. The Morgan fingerprint density at radius 1 is 1.39 bits per heavy atom. The average molecular weight is 253 g/mol. The molecule has 5 nitrogen and oxygen atoms in total. The molecule has 1 rings (SSSR count). The highest BCUT2D eigenvalue weighted by Gasteiger charge is 2.13. The van der Waals surface area contributed by atoms with Crippen molar-refractivity contribution in [2.75, 3.05) is 20.6 Å². The predicted octanol–water partition coefficient (Wildman–Crippen LogP) is 1.18. The highest BCUT2D eigenvalue weighted by Crippen LogP contribution is 2.14. The van der Waals surface area contributed by atoms with E-state index in [1.54, 1.807) is 0 Å². The fraction of sp³-hybridized carbons (Fsp3) is 0.769. The maximum Gasteiger partial charge on any atom is 0.0641 e. The van der Waals surface area contributed by atoms with E-state index in [1.165, 1.54) is 0 Å². The van der Waals surface area contributed by atoms with E-state index in [2.05, 4.69) is 46.2 Å². The van der Waals surface area contributed by atoms with Crippen molar-refractivity contribution in [2.24, 2.45) is 5.84 Å². The number of nitrogens with two attached hydrogens (primary N) is 1. The van der Waals surface area contributed by atoms with Crippen LogP contribution in [0.4, 0.5) is 0 Å². The summed E-state index contributed by atoms with van der Waals surface area (Å²) in [6.07, 6.45) is 5.18. The van der Waals surface area contributed by atoms with Crippen molar-refractivity contribution >= 4 is 0 Å². The Bertz CT molecular complexity index is 330. The monoisotopic (exact) mass is 253 g/mol. The molecule has 18 heavy (non-hydrogen) atoms. The van der Waals surface area contributed by atoms with Crippen LogP contribution in [0.15, 0.2) is 12.3 Å². The summed E-state index contributed by atoms with van der Waals surface area (Å²) in [6, 6.07) is 2.85. The molecule has 104 valence electrons. The third-order valence-corrected chi connectivity index (χ3v) is 3.26. The molecule has 0 saturated carbocycles. The lowest BCUT2D eigenvalue weighted by molar-refractivity contribution is 0.335. The standard InChI is InChI=1S/C13H27N5/c1-5-13(6-2)18-8-7-11(16-18)9-12(15-14)10-17(3)4/h7-8,12-13,15H,5-6,9-10,14H2,1-4H3. The molecule has 0 saturated heterocycles. The van der Waals surface area contributed by atoms with Crippen LogP contribution in [0.1, 0.15) is 38.4 Å². The lowest BCUT2D eigenvalue weighted by Crippen LogP contribution is -2.43. The molecule has 1 aromatic rings. The van der Waals surface area contributed by atoms with E-state index >= 15 is 0 Å². The fourth-order valence-corrected chi connectivity index (χ4v) is 2.22. The first-order chi connectivity index (χ1) is 8.60. The molecule has 1 unspecified atom stereocenters. The average Bonchev–Trinajstić information content (AvgIpc) is 2.78. The molecule has 0 amide bonds. The normalized spacial score (nSPS) is 13.5. The van der Waals surface area contributed by atoms with E-state index in [9.17, 15) is 0 Å². The Morgan fingerprint density at radius 3 is 2.56 bits per heavy atom. The van der Waals surface area contributed by atoms with Crippen molar-refractivity contribution in [1.82, 2.24) is 20.1 Å². The molecule has 0 aromatic carbocycles. The molecule has 0 radical (unpaired) electrons. The molecule has 1 aromatic heterocycles. The van der Waals surface area contributed by atoms with Crippen molar-refractivity contribution in [3.05, 3.63) is 18.0 Å². The molecular weight excluding hydrogens is 226 g/mol. The Balaban J connectivity index is 2.62. The van der Waals surface area contributed by atoms with Crippen LogP contribution in [-0.2, 0) is 6.42 Å². The number of rotatable bonds is 8. The van der Waals surface area contributed by atoms with Crippen LogP contribution in [0.5, 0.6) is 0 Å². The van der Waals surface area contributed by atoms with Gasteiger partial charge in [0.1, 0.15) is 0 Å². The van der Waals surface area contributed by atoms with Crippen molar-refractivity contribution in [3.8, 4) is 0 Å². The SMILES string of the molecule is CCC(CC)n1ccc(CC(CN(C)C)NN)n1. The van der Waals surface area contributed by atoms with E-state index in [0.717, 1.165) is 31.5 Å². The number of aromatic nitrogens is 2. The highest BCUT2D eigenvalue weighted by molar-refractivity contribution is 5.02. The van der Waals surface area contributed by atoms with Gasteiger partial charge in [-0.3, -0.25) is 16.0 Å². The minimum absolute atomic E-state index is 0.241. The van der Waals surface area contributed by atoms with Crippen LogP contribution in [0, 0.1) is 0 Å². The second-order valence-corrected chi connectivity index (χ2v) is 5.09. The minimum Gasteiger partial charge on any atom is -0.308 e. The molecule has 1 heterocycles. The molecule has 0 aliphatic carbocycles. The number of hydrogen-bond acceptors (Lipinski definition) is 4. The van der Waals surface area contributed by atoms with Gasteiger partial charge in [0, 0.05) is 25.2 Å². The van der Waals surface area contributed by atoms with Gasteiger partial charge in [-0.1, -0.05) is 13.8 Å². The first-order valence-electron chi connectivity index (χ1n) is 6.75. The van der Waals surface area contributed by atoms with E-state index in [-0.39, 0.29) is 6.04 Å². The van der Waals surface area contributed by atoms with Crippen molar-refractivity contribution in [3.63, 3.8) is 0 Å². The van der Waals surface area contributed by atoms with Crippen molar-refractivity contribution in [2.45, 2.75) is 45.2 Å². The summed E-state index contributed by atoms with van der Waals surface area (Å²) < 4.78 is 2.08. The Kier molecular flexibility index (Phi) is 6.32. The summed E-state index contributed by atoms with van der Waals surface area (Å²) in [5.74, 6) is 5.58. The predicted molar refractivity (Wildman–Crippen MR) is 75.2 cm³/mol. The minimum atomic E-state index is 0.241. The van der Waals surface area contributed by atoms with E-state index in [4.69, 9.17) is 5.84 Å². The Labute approximate surface area is 110 Å². The molecule has 0 aliphatic heterocycles. The number of nitrogens with one attached hydrogen (secondary N) is 1. The van der Waals surface area contributed by atoms with Crippen LogP contribution in [-0.4, -0.2) is 41.4 Å². The number of hydrogen-bond donors (Lipinski definition) is 2. The lowest BCUT2D eigenvalue weighted by Gasteiger charge is -2.19. The van der Waals surface area contributed by atoms with E-state index < -0.39 is 0 Å². The molecule has 0 bridgehead atoms. The quantitative estimate of drug-likeness (QED) is 0.539. The van der Waals surface area contributed by atoms with Crippen LogP contribution < -0.4 is 11.3 Å². The summed E-state index contributed by atoms with van der Waals surface area (Å²) >= 11 is 0. The smallest absolute Gasteiger partial charge is 0.0641 e. The molecule has 1 atom stereocenters. The zero-order chi connectivity index (χ0) is 13.5. The van der Waals surface area contributed by atoms with Gasteiger partial charge in [0.15, 0.2) is 0 Å². The van der Waals surface area contributed by atoms with Crippen LogP contribution in [0.3, 0.4) is 0 Å². The van der Waals surface area contributed by atoms with E-state index in [0.29, 0.717) is 6.04 Å². The number of hydrazine groups is 1. The van der Waals surface area contributed by atoms with Crippen LogP contribution in [0.25, 0.3) is 0 Å². The third kappa shape index (κ3) is 4.40. The Morgan fingerprint density at radius 2 is 2.06 bits per heavy atom. The number of likely N-dealkylation sites (N-methyl/N-ethyl adjacent to an activating group) is 1. The molecule has 0 spiro atoms. The second-order valence-electron chi connectivity index (χ2n) is 5.09. The molecular formula is C13H27N5. The van der Waals surface area contributed by atoms with Gasteiger partial charge in [0.2, 0.25) is 0 Å². The highest BCUT2D eigenvalue weighted by atomic mass is 15.3. The summed E-state index contributed by atoms with van der Waals surface area (Å²) in [5, 5.41) is 4.65. The molecule has 3 N–H and O–H groups in total. The van der Waals surface area contributed by atoms with Gasteiger partial charge in [-0.25, -0.2) is 0 Å². The summed E-state index contributed by atoms with van der Waals surface area (Å²) in [4.78, 5) is 2.13. The van der Waals surface area contributed by atoms with Gasteiger partial charge in [0.25, 0.3) is 0 Å². The topological polar surface area (TPSA) is 59.1 Å². The first kappa shape index (κ1) is 15.1. The largest absolute Gasteiger partial charge is 0.308 e. The zero-order valence-corrected chi connectivity index (χ0v) is 12.1. The zero-order valence-electron chi connectivity index (χ0n) is 12.1. The maximum atomic E-state index is 5.58. The lowest BCUT2D eigenvalue weighted by atomic mass is 10.1. The summed E-state index contributed by atoms with van der Waals surface area (Å²) in [7, 11) is 4.10. The molecule has 0 fully saturated rings. The van der Waals surface area contributed by atoms with E-state index in [1.807, 2.05) is 14.1 Å². The van der Waals surface area contributed by atoms with Gasteiger partial charge < -0.3 is 4.90 Å². The molecule has 5 heteroatoms. The summed E-state index contributed by atoms with van der Waals surface area (Å²) in [5.41, 5.74) is 3.96.